The van der Waals surface area contributed by atoms with Gasteiger partial charge in [0.05, 0.1) is 18.8 Å². The summed E-state index contributed by atoms with van der Waals surface area (Å²) in [6.07, 6.45) is 7.21. The molecule has 8 N–H and O–H groups in total. The standard InChI is InChI=1S/C39H46N6O9/c1-23-8-13-31-26(18-23)14-17-45(31)22-24-6-5-7-28(25-9-11-27(12-10-25)42-36(51)37(52)53)29(19-33(47)48)34(49)44-39(15-3-2-4-16-39)38(54)43-30(20-32(40)46)35(50)41-21-24/h5,7-14,17-18,24,28-30H,2-4,6,15-16,19-22H2,1H3,(H2,40,46)(H,41,50)(H,42,51)(H,43,54)(H,44,49)(H,47,48)(H,52,53)/b7-5+/t24-,28-,29+,30+/m1/s1. The minimum Gasteiger partial charge on any atom is -0.481 e. The summed E-state index contributed by atoms with van der Waals surface area (Å²) in [5.41, 5.74) is 6.79. The van der Waals surface area contributed by atoms with Gasteiger partial charge in [0.2, 0.25) is 23.6 Å². The highest BCUT2D eigenvalue weighted by Gasteiger charge is 2.44. The fourth-order valence-corrected chi connectivity index (χ4v) is 7.39. The van der Waals surface area contributed by atoms with E-state index in [1.165, 1.54) is 12.1 Å². The summed E-state index contributed by atoms with van der Waals surface area (Å²) in [7, 11) is 0. The van der Waals surface area contributed by atoms with E-state index in [0.29, 0.717) is 31.4 Å². The number of rotatable bonds is 8. The fourth-order valence-electron chi connectivity index (χ4n) is 7.39. The number of hydrogen-bond acceptors (Lipinski definition) is 7. The van der Waals surface area contributed by atoms with Crippen LogP contribution in [0.25, 0.3) is 10.9 Å². The van der Waals surface area contributed by atoms with Crippen LogP contribution in [0.1, 0.15) is 68.4 Å². The monoisotopic (exact) mass is 742 g/mol. The molecule has 0 radical (unpaired) electrons. The van der Waals surface area contributed by atoms with Gasteiger partial charge in [-0.25, -0.2) is 4.79 Å². The number of nitrogens with one attached hydrogen (secondary N) is 4. The third kappa shape index (κ3) is 9.70. The quantitative estimate of drug-likeness (QED) is 0.132. The van der Waals surface area contributed by atoms with Crippen LogP contribution >= 0.6 is 0 Å². The molecule has 1 aromatic heterocycles. The number of allylic oxidation sites excluding steroid dienone is 2. The van der Waals surface area contributed by atoms with Gasteiger partial charge in [-0.05, 0) is 73.4 Å². The van der Waals surface area contributed by atoms with Crippen LogP contribution in [-0.2, 0) is 40.1 Å². The van der Waals surface area contributed by atoms with Gasteiger partial charge in [0, 0.05) is 36.4 Å². The van der Waals surface area contributed by atoms with Crippen LogP contribution in [0.15, 0.2) is 66.9 Å². The maximum Gasteiger partial charge on any atom is 0.394 e. The number of anilines is 1. The molecule has 2 aliphatic rings. The molecule has 5 amide bonds. The Morgan fingerprint density at radius 3 is 2.33 bits per heavy atom. The highest BCUT2D eigenvalue weighted by atomic mass is 16.4. The molecular weight excluding hydrogens is 696 g/mol. The summed E-state index contributed by atoms with van der Waals surface area (Å²) in [6.45, 7) is 2.60. The summed E-state index contributed by atoms with van der Waals surface area (Å²) >= 11 is 0. The predicted octanol–water partition coefficient (Wildman–Crippen LogP) is 2.72. The molecule has 286 valence electrons. The highest BCUT2D eigenvalue weighted by molar-refractivity contribution is 6.36. The minimum atomic E-state index is -1.67. The Labute approximate surface area is 311 Å². The van der Waals surface area contributed by atoms with Crippen molar-refractivity contribution >= 4 is 58.1 Å². The third-order valence-electron chi connectivity index (χ3n) is 10.2. The second kappa shape index (κ2) is 17.2. The number of nitrogens with two attached hydrogens (primary N) is 1. The minimum absolute atomic E-state index is 0.142. The maximum atomic E-state index is 14.4. The first-order valence-corrected chi connectivity index (χ1v) is 18.0. The van der Waals surface area contributed by atoms with Crippen LogP contribution in [0, 0.1) is 18.8 Å². The molecule has 0 unspecified atom stereocenters. The first kappa shape index (κ1) is 39.2. The summed E-state index contributed by atoms with van der Waals surface area (Å²) in [5.74, 6) is -9.23. The number of carbonyl (C=O) groups excluding carboxylic acids is 5. The number of aryl methyl sites for hydroxylation is 1. The van der Waals surface area contributed by atoms with Crippen molar-refractivity contribution in [1.82, 2.24) is 20.5 Å². The predicted molar refractivity (Wildman–Crippen MR) is 198 cm³/mol. The Morgan fingerprint density at radius 2 is 1.67 bits per heavy atom. The van der Waals surface area contributed by atoms with Crippen molar-refractivity contribution in [3.05, 3.63) is 78.0 Å². The van der Waals surface area contributed by atoms with E-state index in [1.54, 1.807) is 18.2 Å². The zero-order valence-electron chi connectivity index (χ0n) is 30.0. The normalized spacial score (nSPS) is 22.9. The molecule has 4 atom stereocenters. The Kier molecular flexibility index (Phi) is 12.5. The van der Waals surface area contributed by atoms with Gasteiger partial charge in [0.25, 0.3) is 0 Å². The molecule has 2 heterocycles. The highest BCUT2D eigenvalue weighted by Crippen LogP contribution is 2.34. The van der Waals surface area contributed by atoms with E-state index in [9.17, 15) is 38.7 Å². The molecule has 3 aromatic rings. The molecule has 1 aliphatic carbocycles. The van der Waals surface area contributed by atoms with Crippen LogP contribution < -0.4 is 27.0 Å². The molecule has 0 bridgehead atoms. The van der Waals surface area contributed by atoms with Crippen molar-refractivity contribution in [3.8, 4) is 0 Å². The van der Waals surface area contributed by atoms with Crippen molar-refractivity contribution < 1.29 is 43.8 Å². The number of hydrogen-bond donors (Lipinski definition) is 7. The summed E-state index contributed by atoms with van der Waals surface area (Å²) in [6, 6.07) is 12.8. The molecule has 1 aliphatic heterocycles. The number of carbonyl (C=O) groups is 7. The molecule has 0 saturated heterocycles. The van der Waals surface area contributed by atoms with Crippen molar-refractivity contribution in [2.45, 2.75) is 82.3 Å². The van der Waals surface area contributed by atoms with Gasteiger partial charge in [0.1, 0.15) is 11.6 Å². The lowest BCUT2D eigenvalue weighted by Crippen LogP contribution is -2.64. The first-order chi connectivity index (χ1) is 25.7. The van der Waals surface area contributed by atoms with E-state index in [1.807, 2.05) is 37.4 Å². The SMILES string of the molecule is Cc1ccc2c(ccn2C[C@@H]2C/C=C/[C@H](c3ccc(NC(=O)C(=O)O)cc3)[C@H](CC(=O)O)C(=O)NC3(CCCCC3)C(=O)N[C@@H](CC(N)=O)C(=O)NC2)c1. The summed E-state index contributed by atoms with van der Waals surface area (Å²) in [4.78, 5) is 89.5. The summed E-state index contributed by atoms with van der Waals surface area (Å²) in [5, 5.41) is 30.9. The van der Waals surface area contributed by atoms with Gasteiger partial charge in [-0.1, -0.05) is 55.2 Å². The van der Waals surface area contributed by atoms with Gasteiger partial charge in [0.15, 0.2) is 0 Å². The van der Waals surface area contributed by atoms with Crippen molar-refractivity contribution in [2.24, 2.45) is 17.6 Å². The number of amides is 5. The van der Waals surface area contributed by atoms with E-state index >= 15 is 0 Å². The lowest BCUT2D eigenvalue weighted by atomic mass is 9.78. The maximum absolute atomic E-state index is 14.4. The first-order valence-electron chi connectivity index (χ1n) is 18.0. The topological polar surface area (TPSA) is 239 Å². The van der Waals surface area contributed by atoms with E-state index in [2.05, 4.69) is 31.9 Å². The number of carboxylic acids is 2. The Balaban J connectivity index is 1.57. The zero-order valence-corrected chi connectivity index (χ0v) is 30.0. The number of benzene rings is 2. The average molecular weight is 743 g/mol. The number of aromatic nitrogens is 1. The average Bonchev–Trinajstić information content (AvgIpc) is 3.52. The van der Waals surface area contributed by atoms with Gasteiger partial charge >= 0.3 is 17.8 Å². The van der Waals surface area contributed by atoms with Gasteiger partial charge in [-0.15, -0.1) is 0 Å². The molecular formula is C39H46N6O9. The van der Waals surface area contributed by atoms with E-state index in [-0.39, 0.29) is 31.0 Å². The second-order valence-electron chi connectivity index (χ2n) is 14.2. The van der Waals surface area contributed by atoms with E-state index in [4.69, 9.17) is 10.8 Å². The third-order valence-corrected chi connectivity index (χ3v) is 10.2. The van der Waals surface area contributed by atoms with E-state index in [0.717, 1.165) is 22.9 Å². The molecule has 1 fully saturated rings. The summed E-state index contributed by atoms with van der Waals surface area (Å²) < 4.78 is 2.06. The van der Waals surface area contributed by atoms with Crippen molar-refractivity contribution in [1.29, 1.82) is 0 Å². The molecule has 1 saturated carbocycles. The number of aliphatic carboxylic acids is 2. The molecule has 2 aromatic carbocycles. The number of primary amides is 1. The Hall–Kier alpha value is -5.99. The lowest BCUT2D eigenvalue weighted by Gasteiger charge is -2.39. The second-order valence-corrected chi connectivity index (χ2v) is 14.2. The fraction of sp³-hybridized carbons (Fsp3) is 0.410. The molecule has 15 heteroatoms. The van der Waals surface area contributed by atoms with Gasteiger partial charge in [-0.3, -0.25) is 28.8 Å². The van der Waals surface area contributed by atoms with Gasteiger partial charge in [-0.2, -0.15) is 0 Å². The van der Waals surface area contributed by atoms with Crippen LogP contribution in [0.2, 0.25) is 0 Å². The Morgan fingerprint density at radius 1 is 0.944 bits per heavy atom. The van der Waals surface area contributed by atoms with Gasteiger partial charge < -0.3 is 41.8 Å². The van der Waals surface area contributed by atoms with Crippen LogP contribution in [-0.4, -0.2) is 74.4 Å². The molecule has 5 rings (SSSR count). The largest absolute Gasteiger partial charge is 0.481 e. The van der Waals surface area contributed by atoms with Crippen molar-refractivity contribution in [3.63, 3.8) is 0 Å². The van der Waals surface area contributed by atoms with Crippen LogP contribution in [0.4, 0.5) is 5.69 Å². The zero-order chi connectivity index (χ0) is 39.0. The van der Waals surface area contributed by atoms with Crippen LogP contribution in [0.3, 0.4) is 0 Å². The smallest absolute Gasteiger partial charge is 0.394 e. The number of carboxylic acid groups (broad SMARTS) is 2. The Bertz CT molecular complexity index is 1950. The number of fused-ring (bicyclic) bond motifs is 1. The number of nitrogens with zero attached hydrogens (tertiary/aromatic N) is 1. The van der Waals surface area contributed by atoms with Crippen molar-refractivity contribution in [2.75, 3.05) is 11.9 Å². The molecule has 1 spiro atoms. The molecule has 54 heavy (non-hydrogen) atoms. The molecule has 15 nitrogen and oxygen atoms in total. The lowest BCUT2D eigenvalue weighted by molar-refractivity contribution is -0.147. The van der Waals surface area contributed by atoms with Crippen LogP contribution in [0.5, 0.6) is 0 Å². The van der Waals surface area contributed by atoms with E-state index < -0.39 is 77.7 Å².